The zero-order valence-electron chi connectivity index (χ0n) is 9.40. The number of rotatable bonds is 3. The third kappa shape index (κ3) is 2.24. The van der Waals surface area contributed by atoms with Crippen molar-refractivity contribution in [1.82, 2.24) is 9.78 Å². The van der Waals surface area contributed by atoms with Crippen LogP contribution in [-0.2, 0) is 11.3 Å². The number of aromatic nitrogens is 2. The van der Waals surface area contributed by atoms with E-state index in [1.807, 2.05) is 6.92 Å². The number of hydrogen-bond donors (Lipinski definition) is 1. The van der Waals surface area contributed by atoms with Gasteiger partial charge in [-0.05, 0) is 26.2 Å². The van der Waals surface area contributed by atoms with Crippen molar-refractivity contribution in [2.75, 3.05) is 6.61 Å². The zero-order valence-corrected chi connectivity index (χ0v) is 10.2. The molecular weight excluding hydrogens is 228 g/mol. The van der Waals surface area contributed by atoms with Crippen LogP contribution in [0.2, 0.25) is 5.02 Å². The molecule has 4 nitrogen and oxygen atoms in total. The van der Waals surface area contributed by atoms with E-state index in [-0.39, 0.29) is 6.10 Å². The smallest absolute Gasteiger partial charge is 0.123 e. The van der Waals surface area contributed by atoms with Gasteiger partial charge >= 0.3 is 0 Å². The number of aliphatic hydroxyl groups is 1. The summed E-state index contributed by atoms with van der Waals surface area (Å²) >= 11 is 6.04. The van der Waals surface area contributed by atoms with Gasteiger partial charge in [-0.2, -0.15) is 5.10 Å². The molecule has 0 aromatic carbocycles. The van der Waals surface area contributed by atoms with E-state index < -0.39 is 6.10 Å². The molecule has 0 bridgehead atoms. The molecule has 1 fully saturated rings. The molecule has 0 saturated carbocycles. The number of aryl methyl sites for hydroxylation is 1. The second-order valence-electron chi connectivity index (χ2n) is 4.04. The zero-order chi connectivity index (χ0) is 11.5. The second kappa shape index (κ2) is 5.17. The predicted octanol–water partition coefficient (Wildman–Crippen LogP) is 2.16. The third-order valence-corrected chi connectivity index (χ3v) is 3.27. The largest absolute Gasteiger partial charge is 0.384 e. The molecule has 2 rings (SSSR count). The molecule has 0 spiro atoms. The molecule has 2 unspecified atom stereocenters. The average Bonchev–Trinajstić information content (AvgIpc) is 2.70. The number of nitrogens with zero attached hydrogens (tertiary/aromatic N) is 2. The highest BCUT2D eigenvalue weighted by atomic mass is 35.5. The fourth-order valence-electron chi connectivity index (χ4n) is 2.11. The van der Waals surface area contributed by atoms with Gasteiger partial charge in [-0.25, -0.2) is 0 Å². The first-order valence-corrected chi connectivity index (χ1v) is 6.12. The fraction of sp³-hybridized carbons (Fsp3) is 0.727. The summed E-state index contributed by atoms with van der Waals surface area (Å²) in [5, 5.41) is 14.9. The molecular formula is C11H17ClN2O2. The van der Waals surface area contributed by atoms with E-state index in [9.17, 15) is 5.11 Å². The molecule has 0 radical (unpaired) electrons. The highest BCUT2D eigenvalue weighted by molar-refractivity contribution is 6.31. The van der Waals surface area contributed by atoms with Crippen molar-refractivity contribution in [2.45, 2.75) is 44.9 Å². The van der Waals surface area contributed by atoms with Gasteiger partial charge in [0.15, 0.2) is 0 Å². The van der Waals surface area contributed by atoms with E-state index in [1.54, 1.807) is 10.9 Å². The van der Waals surface area contributed by atoms with Gasteiger partial charge in [0.25, 0.3) is 0 Å². The van der Waals surface area contributed by atoms with Crippen LogP contribution in [0.25, 0.3) is 0 Å². The maximum Gasteiger partial charge on any atom is 0.123 e. The van der Waals surface area contributed by atoms with Crippen LogP contribution in [0.4, 0.5) is 0 Å². The normalized spacial score (nSPS) is 23.3. The van der Waals surface area contributed by atoms with E-state index in [2.05, 4.69) is 5.10 Å². The standard InChI is InChI=1S/C11H17ClN2O2/c1-2-14-10(8(12)7-13-14)11(15)9-5-3-4-6-16-9/h7,9,11,15H,2-6H2,1H3. The Balaban J connectivity index is 2.18. The molecule has 1 aliphatic rings. The first kappa shape index (κ1) is 11.9. The quantitative estimate of drug-likeness (QED) is 0.887. The molecule has 16 heavy (non-hydrogen) atoms. The van der Waals surface area contributed by atoms with Gasteiger partial charge in [-0.1, -0.05) is 11.6 Å². The molecule has 1 saturated heterocycles. The predicted molar refractivity (Wildman–Crippen MR) is 61.5 cm³/mol. The highest BCUT2D eigenvalue weighted by Crippen LogP contribution is 2.30. The molecule has 1 aromatic rings. The Morgan fingerprint density at radius 3 is 3.12 bits per heavy atom. The van der Waals surface area contributed by atoms with Gasteiger partial charge in [-0.3, -0.25) is 4.68 Å². The maximum atomic E-state index is 10.3. The molecule has 5 heteroatoms. The maximum absolute atomic E-state index is 10.3. The number of halogens is 1. The van der Waals surface area contributed by atoms with Crippen molar-refractivity contribution in [3.8, 4) is 0 Å². The van der Waals surface area contributed by atoms with Crippen LogP contribution in [0.5, 0.6) is 0 Å². The number of hydrogen-bond acceptors (Lipinski definition) is 3. The highest BCUT2D eigenvalue weighted by Gasteiger charge is 2.28. The Labute approximate surface area is 100 Å². The Bertz CT molecular complexity index is 348. The van der Waals surface area contributed by atoms with Crippen molar-refractivity contribution < 1.29 is 9.84 Å². The van der Waals surface area contributed by atoms with Gasteiger partial charge < -0.3 is 9.84 Å². The first-order chi connectivity index (χ1) is 7.74. The summed E-state index contributed by atoms with van der Waals surface area (Å²) in [5.41, 5.74) is 0.677. The van der Waals surface area contributed by atoms with E-state index in [1.165, 1.54) is 0 Å². The molecule has 1 N–H and O–H groups in total. The fourth-order valence-corrected chi connectivity index (χ4v) is 2.36. The summed E-state index contributed by atoms with van der Waals surface area (Å²) < 4.78 is 7.30. The Morgan fingerprint density at radius 1 is 1.69 bits per heavy atom. The van der Waals surface area contributed by atoms with Crippen molar-refractivity contribution in [3.05, 3.63) is 16.9 Å². The molecule has 90 valence electrons. The van der Waals surface area contributed by atoms with Crippen LogP contribution in [0, 0.1) is 0 Å². The van der Waals surface area contributed by atoms with Gasteiger partial charge in [0.2, 0.25) is 0 Å². The van der Waals surface area contributed by atoms with E-state index in [0.29, 0.717) is 17.3 Å². The lowest BCUT2D eigenvalue weighted by Gasteiger charge is -2.27. The summed E-state index contributed by atoms with van der Waals surface area (Å²) in [4.78, 5) is 0. The molecule has 2 heterocycles. The molecule has 2 atom stereocenters. The van der Waals surface area contributed by atoms with Crippen molar-refractivity contribution in [3.63, 3.8) is 0 Å². The number of ether oxygens (including phenoxy) is 1. The molecule has 0 amide bonds. The second-order valence-corrected chi connectivity index (χ2v) is 4.45. The average molecular weight is 245 g/mol. The van der Waals surface area contributed by atoms with Crippen LogP contribution < -0.4 is 0 Å². The van der Waals surface area contributed by atoms with Gasteiger partial charge in [0.05, 0.1) is 23.0 Å². The van der Waals surface area contributed by atoms with E-state index in [4.69, 9.17) is 16.3 Å². The Kier molecular flexibility index (Phi) is 3.84. The first-order valence-electron chi connectivity index (χ1n) is 5.75. The number of aliphatic hydroxyl groups excluding tert-OH is 1. The monoisotopic (exact) mass is 244 g/mol. The lowest BCUT2D eigenvalue weighted by molar-refractivity contribution is -0.0661. The van der Waals surface area contributed by atoms with Crippen LogP contribution in [0.15, 0.2) is 6.20 Å². The summed E-state index contributed by atoms with van der Waals surface area (Å²) in [6, 6.07) is 0. The van der Waals surface area contributed by atoms with Crippen molar-refractivity contribution >= 4 is 11.6 Å². The minimum atomic E-state index is -0.671. The van der Waals surface area contributed by atoms with Crippen LogP contribution >= 0.6 is 11.6 Å². The van der Waals surface area contributed by atoms with Crippen LogP contribution in [0.3, 0.4) is 0 Å². The minimum Gasteiger partial charge on any atom is -0.384 e. The third-order valence-electron chi connectivity index (χ3n) is 2.98. The Morgan fingerprint density at radius 2 is 2.50 bits per heavy atom. The summed E-state index contributed by atoms with van der Waals surface area (Å²) in [7, 11) is 0. The van der Waals surface area contributed by atoms with Gasteiger partial charge in [0, 0.05) is 13.2 Å². The molecule has 0 aliphatic carbocycles. The van der Waals surface area contributed by atoms with E-state index in [0.717, 1.165) is 25.9 Å². The van der Waals surface area contributed by atoms with E-state index >= 15 is 0 Å². The lowest BCUT2D eigenvalue weighted by atomic mass is 10.0. The van der Waals surface area contributed by atoms with Crippen molar-refractivity contribution in [2.24, 2.45) is 0 Å². The topological polar surface area (TPSA) is 47.3 Å². The van der Waals surface area contributed by atoms with Crippen molar-refractivity contribution in [1.29, 1.82) is 0 Å². The summed E-state index contributed by atoms with van der Waals surface area (Å²) in [6.45, 7) is 3.40. The summed E-state index contributed by atoms with van der Waals surface area (Å²) in [6.07, 6.45) is 3.81. The van der Waals surface area contributed by atoms with Crippen LogP contribution in [-0.4, -0.2) is 27.6 Å². The van der Waals surface area contributed by atoms with Crippen LogP contribution in [0.1, 0.15) is 38.0 Å². The minimum absolute atomic E-state index is 0.145. The van der Waals surface area contributed by atoms with Gasteiger partial charge in [-0.15, -0.1) is 0 Å². The Hall–Kier alpha value is -0.580. The SMILES string of the molecule is CCn1ncc(Cl)c1C(O)C1CCCCO1. The van der Waals surface area contributed by atoms with Gasteiger partial charge in [0.1, 0.15) is 6.10 Å². The molecule has 1 aromatic heterocycles. The molecule has 1 aliphatic heterocycles. The summed E-state index contributed by atoms with van der Waals surface area (Å²) in [5.74, 6) is 0. The lowest BCUT2D eigenvalue weighted by Crippen LogP contribution is -2.28.